The molecule has 2 heterocycles. The van der Waals surface area contributed by atoms with Gasteiger partial charge in [0.2, 0.25) is 0 Å². The van der Waals surface area contributed by atoms with E-state index in [1.165, 1.54) is 0 Å². The van der Waals surface area contributed by atoms with Crippen molar-refractivity contribution in [1.82, 2.24) is 4.98 Å². The summed E-state index contributed by atoms with van der Waals surface area (Å²) in [4.78, 5) is 4.52. The van der Waals surface area contributed by atoms with E-state index in [1.54, 1.807) is 0 Å². The molecule has 0 aliphatic carbocycles. The molecule has 1 aromatic carbocycles. The van der Waals surface area contributed by atoms with Gasteiger partial charge in [0.25, 0.3) is 0 Å². The topological polar surface area (TPSA) is 57.9 Å². The highest BCUT2D eigenvalue weighted by atomic mass is 16.5. The Hall–Kier alpha value is -2.12. The van der Waals surface area contributed by atoms with Crippen molar-refractivity contribution >= 4 is 16.7 Å². The third kappa shape index (κ3) is 2.01. The molecule has 2 aromatic rings. The monoisotopic (exact) mass is 239 g/mol. The summed E-state index contributed by atoms with van der Waals surface area (Å²) in [6, 6.07) is 12.1. The molecule has 4 heteroatoms. The summed E-state index contributed by atoms with van der Waals surface area (Å²) in [5.74, 6) is 0.659. The first kappa shape index (κ1) is 11.0. The van der Waals surface area contributed by atoms with Gasteiger partial charge in [-0.15, -0.1) is 0 Å². The quantitative estimate of drug-likeness (QED) is 0.873. The van der Waals surface area contributed by atoms with Gasteiger partial charge >= 0.3 is 0 Å². The maximum atomic E-state index is 9.19. The second kappa shape index (κ2) is 4.63. The van der Waals surface area contributed by atoms with E-state index < -0.39 is 0 Å². The number of rotatable bonds is 2. The zero-order valence-corrected chi connectivity index (χ0v) is 9.89. The van der Waals surface area contributed by atoms with Gasteiger partial charge in [-0.2, -0.15) is 5.26 Å². The van der Waals surface area contributed by atoms with E-state index in [-0.39, 0.29) is 6.04 Å². The first-order valence-electron chi connectivity index (χ1n) is 6.01. The lowest BCUT2D eigenvalue weighted by molar-refractivity contribution is 0.195. The Balaban J connectivity index is 2.01. The molecule has 1 N–H and O–H groups in total. The predicted octanol–water partition coefficient (Wildman–Crippen LogP) is 2.31. The highest BCUT2D eigenvalue weighted by Crippen LogP contribution is 2.21. The van der Waals surface area contributed by atoms with E-state index in [9.17, 15) is 5.26 Å². The van der Waals surface area contributed by atoms with Gasteiger partial charge < -0.3 is 10.1 Å². The number of para-hydroxylation sites is 1. The Morgan fingerprint density at radius 3 is 3.06 bits per heavy atom. The van der Waals surface area contributed by atoms with Gasteiger partial charge in [0.15, 0.2) is 0 Å². The highest BCUT2D eigenvalue weighted by Gasteiger charge is 2.17. The van der Waals surface area contributed by atoms with Gasteiger partial charge in [-0.25, -0.2) is 4.98 Å². The van der Waals surface area contributed by atoms with Crippen molar-refractivity contribution in [2.45, 2.75) is 12.5 Å². The van der Waals surface area contributed by atoms with Gasteiger partial charge in [0.1, 0.15) is 11.9 Å². The van der Waals surface area contributed by atoms with Crippen molar-refractivity contribution in [1.29, 1.82) is 5.26 Å². The maximum Gasteiger partial charge on any atom is 0.144 e. The molecule has 1 aliphatic rings. The number of hydrogen-bond donors (Lipinski definition) is 1. The second-order valence-electron chi connectivity index (χ2n) is 4.39. The fourth-order valence-corrected chi connectivity index (χ4v) is 2.15. The van der Waals surface area contributed by atoms with Crippen LogP contribution in [-0.4, -0.2) is 24.2 Å². The zero-order chi connectivity index (χ0) is 12.4. The molecular formula is C14H13N3O. The molecule has 0 radical (unpaired) electrons. The molecular weight excluding hydrogens is 226 g/mol. The lowest BCUT2D eigenvalue weighted by atomic mass is 10.1. The van der Waals surface area contributed by atoms with E-state index in [2.05, 4.69) is 16.4 Å². The minimum Gasteiger partial charge on any atom is -0.379 e. The molecule has 1 aromatic heterocycles. The minimum absolute atomic E-state index is 0.255. The Kier molecular flexibility index (Phi) is 2.83. The fourth-order valence-electron chi connectivity index (χ4n) is 2.15. The molecule has 1 unspecified atom stereocenters. The smallest absolute Gasteiger partial charge is 0.144 e. The molecule has 0 saturated carbocycles. The number of ether oxygens (including phenoxy) is 1. The molecule has 0 spiro atoms. The molecule has 90 valence electrons. The molecule has 1 fully saturated rings. The number of fused-ring (bicyclic) bond motifs is 1. The lowest BCUT2D eigenvalue weighted by Gasteiger charge is -2.13. The van der Waals surface area contributed by atoms with Crippen LogP contribution in [0.2, 0.25) is 0 Å². The third-order valence-corrected chi connectivity index (χ3v) is 3.11. The van der Waals surface area contributed by atoms with Crippen LogP contribution in [0, 0.1) is 11.3 Å². The molecule has 1 saturated heterocycles. The maximum absolute atomic E-state index is 9.19. The Morgan fingerprint density at radius 1 is 1.39 bits per heavy atom. The van der Waals surface area contributed by atoms with Crippen LogP contribution in [0.1, 0.15) is 12.0 Å². The number of nitriles is 1. The summed E-state index contributed by atoms with van der Waals surface area (Å²) < 4.78 is 5.32. The molecule has 3 rings (SSSR count). The minimum atomic E-state index is 0.255. The Labute approximate surface area is 105 Å². The molecule has 18 heavy (non-hydrogen) atoms. The normalized spacial score (nSPS) is 18.7. The van der Waals surface area contributed by atoms with Gasteiger partial charge in [-0.3, -0.25) is 0 Å². The molecule has 0 bridgehead atoms. The van der Waals surface area contributed by atoms with Crippen molar-refractivity contribution in [3.05, 3.63) is 35.9 Å². The van der Waals surface area contributed by atoms with E-state index in [4.69, 9.17) is 4.74 Å². The lowest BCUT2D eigenvalue weighted by Crippen LogP contribution is -2.20. The van der Waals surface area contributed by atoms with Crippen LogP contribution < -0.4 is 5.32 Å². The molecule has 1 atom stereocenters. The third-order valence-electron chi connectivity index (χ3n) is 3.11. The van der Waals surface area contributed by atoms with E-state index >= 15 is 0 Å². The first-order valence-corrected chi connectivity index (χ1v) is 6.01. The van der Waals surface area contributed by atoms with Crippen molar-refractivity contribution in [2.24, 2.45) is 0 Å². The van der Waals surface area contributed by atoms with Crippen LogP contribution >= 0.6 is 0 Å². The highest BCUT2D eigenvalue weighted by molar-refractivity contribution is 5.82. The Bertz CT molecular complexity index is 612. The van der Waals surface area contributed by atoms with Crippen LogP contribution in [-0.2, 0) is 4.74 Å². The number of nitrogens with one attached hydrogen (secondary N) is 1. The Morgan fingerprint density at radius 2 is 2.28 bits per heavy atom. The summed E-state index contributed by atoms with van der Waals surface area (Å²) >= 11 is 0. The number of pyridine rings is 1. The van der Waals surface area contributed by atoms with Gasteiger partial charge in [-0.1, -0.05) is 18.2 Å². The van der Waals surface area contributed by atoms with Crippen LogP contribution in [0.3, 0.4) is 0 Å². The summed E-state index contributed by atoms with van der Waals surface area (Å²) in [6.45, 7) is 1.45. The van der Waals surface area contributed by atoms with Crippen LogP contribution in [0.4, 0.5) is 5.82 Å². The molecule has 0 amide bonds. The van der Waals surface area contributed by atoms with Gasteiger partial charge in [0, 0.05) is 12.0 Å². The van der Waals surface area contributed by atoms with E-state index in [1.807, 2.05) is 30.3 Å². The van der Waals surface area contributed by atoms with Crippen LogP contribution in [0.25, 0.3) is 10.9 Å². The first-order chi connectivity index (χ1) is 8.86. The average molecular weight is 239 g/mol. The number of anilines is 1. The summed E-state index contributed by atoms with van der Waals surface area (Å²) in [5.41, 5.74) is 1.48. The van der Waals surface area contributed by atoms with Crippen LogP contribution in [0.15, 0.2) is 30.3 Å². The number of benzene rings is 1. The largest absolute Gasteiger partial charge is 0.379 e. The number of nitrogens with zero attached hydrogens (tertiary/aromatic N) is 2. The van der Waals surface area contributed by atoms with E-state index in [0.717, 1.165) is 23.9 Å². The summed E-state index contributed by atoms with van der Waals surface area (Å²) in [5, 5.41) is 13.5. The average Bonchev–Trinajstić information content (AvgIpc) is 2.91. The van der Waals surface area contributed by atoms with E-state index in [0.29, 0.717) is 18.0 Å². The standard InChI is InChI=1S/C14H13N3O/c15-8-11-7-10-3-1-2-4-13(10)17-14(11)16-12-5-6-18-9-12/h1-4,7,12H,5-6,9H2,(H,16,17). The van der Waals surface area contributed by atoms with Crippen molar-refractivity contribution in [3.63, 3.8) is 0 Å². The molecule has 4 nitrogen and oxygen atoms in total. The van der Waals surface area contributed by atoms with Crippen molar-refractivity contribution in [2.75, 3.05) is 18.5 Å². The number of aromatic nitrogens is 1. The zero-order valence-electron chi connectivity index (χ0n) is 9.89. The predicted molar refractivity (Wildman–Crippen MR) is 69.3 cm³/mol. The second-order valence-corrected chi connectivity index (χ2v) is 4.39. The fraction of sp³-hybridized carbons (Fsp3) is 0.286. The molecule has 1 aliphatic heterocycles. The summed E-state index contributed by atoms with van der Waals surface area (Å²) in [7, 11) is 0. The number of hydrogen-bond acceptors (Lipinski definition) is 4. The SMILES string of the molecule is N#Cc1cc2ccccc2nc1NC1CCOC1. The van der Waals surface area contributed by atoms with Gasteiger partial charge in [0.05, 0.1) is 23.7 Å². The van der Waals surface area contributed by atoms with Gasteiger partial charge in [-0.05, 0) is 18.6 Å². The van der Waals surface area contributed by atoms with Crippen molar-refractivity contribution in [3.8, 4) is 6.07 Å². The van der Waals surface area contributed by atoms with Crippen LogP contribution in [0.5, 0.6) is 0 Å². The summed E-state index contributed by atoms with van der Waals surface area (Å²) in [6.07, 6.45) is 0.958. The van der Waals surface area contributed by atoms with Crippen molar-refractivity contribution < 1.29 is 4.74 Å².